The third-order valence-electron chi connectivity index (χ3n) is 3.16. The summed E-state index contributed by atoms with van der Waals surface area (Å²) in [6, 6.07) is 10.8. The number of hydrogen-bond acceptors (Lipinski definition) is 2. The van der Waals surface area contributed by atoms with Crippen LogP contribution in [0.1, 0.15) is 35.1 Å². The zero-order chi connectivity index (χ0) is 15.9. The number of amides is 1. The minimum atomic E-state index is -2.66. The molecule has 1 aromatic carbocycles. The highest BCUT2D eigenvalue weighted by Gasteiger charge is 2.19. The lowest BCUT2D eigenvalue weighted by molar-refractivity contribution is 0.0776. The van der Waals surface area contributed by atoms with Gasteiger partial charge in [0.1, 0.15) is 5.69 Å². The summed E-state index contributed by atoms with van der Waals surface area (Å²) >= 11 is 0. The Hall–Kier alpha value is -2.50. The van der Waals surface area contributed by atoms with Crippen molar-refractivity contribution in [3.8, 4) is 0 Å². The fourth-order valence-electron chi connectivity index (χ4n) is 1.96. The van der Waals surface area contributed by atoms with Gasteiger partial charge in [0.05, 0.1) is 0 Å². The van der Waals surface area contributed by atoms with Crippen molar-refractivity contribution in [2.45, 2.75) is 13.3 Å². The number of likely N-dealkylation sites (N-methyl/N-ethyl adjacent to an activating group) is 1. The molecule has 2 rings (SSSR count). The lowest BCUT2D eigenvalue weighted by atomic mass is 10.2. The van der Waals surface area contributed by atoms with Crippen molar-refractivity contribution in [2.24, 2.45) is 0 Å². The van der Waals surface area contributed by atoms with E-state index >= 15 is 0 Å². The van der Waals surface area contributed by atoms with Gasteiger partial charge in [0.2, 0.25) is 0 Å². The molecule has 6 heteroatoms. The average Bonchev–Trinajstić information content (AvgIpc) is 3.02. The van der Waals surface area contributed by atoms with Crippen LogP contribution in [0.3, 0.4) is 0 Å². The molecule has 0 spiro atoms. The van der Waals surface area contributed by atoms with E-state index in [0.717, 1.165) is 11.6 Å². The van der Waals surface area contributed by atoms with E-state index in [9.17, 15) is 13.6 Å². The van der Waals surface area contributed by atoms with Gasteiger partial charge in [-0.25, -0.2) is 8.78 Å². The molecule has 0 fully saturated rings. The lowest BCUT2D eigenvalue weighted by Gasteiger charge is -2.17. The summed E-state index contributed by atoms with van der Waals surface area (Å²) in [6.45, 7) is 2.69. The summed E-state index contributed by atoms with van der Waals surface area (Å²) < 4.78 is 25.0. The van der Waals surface area contributed by atoms with Crippen molar-refractivity contribution in [1.82, 2.24) is 15.1 Å². The van der Waals surface area contributed by atoms with Gasteiger partial charge in [-0.05, 0) is 18.6 Å². The van der Waals surface area contributed by atoms with Gasteiger partial charge in [-0.3, -0.25) is 9.89 Å². The standard InChI is InChI=1S/C16H17F2N3O/c1-2-21(10-6-9-12-7-4-3-5-8-12)16(22)14-11-13(15(17)18)19-20-14/h3-9,11,15H,2,10H2,1H3,(H,19,20)/b9-6+. The fourth-order valence-corrected chi connectivity index (χ4v) is 1.96. The molecule has 0 aliphatic carbocycles. The number of carbonyl (C=O) groups excluding carboxylic acids is 1. The van der Waals surface area contributed by atoms with Crippen molar-refractivity contribution in [3.63, 3.8) is 0 Å². The van der Waals surface area contributed by atoms with E-state index in [1.807, 2.05) is 49.4 Å². The molecule has 0 unspecified atom stereocenters. The van der Waals surface area contributed by atoms with Crippen LogP contribution in [0.15, 0.2) is 42.5 Å². The van der Waals surface area contributed by atoms with Crippen molar-refractivity contribution < 1.29 is 13.6 Å². The monoisotopic (exact) mass is 305 g/mol. The van der Waals surface area contributed by atoms with Crippen LogP contribution in [0.4, 0.5) is 8.78 Å². The number of aromatic nitrogens is 2. The van der Waals surface area contributed by atoms with Crippen LogP contribution in [0.5, 0.6) is 0 Å². The van der Waals surface area contributed by atoms with Crippen LogP contribution in [-0.4, -0.2) is 34.1 Å². The van der Waals surface area contributed by atoms with Crippen molar-refractivity contribution in [1.29, 1.82) is 0 Å². The maximum absolute atomic E-state index is 12.5. The molecule has 0 saturated carbocycles. The second kappa shape index (κ2) is 7.49. The van der Waals surface area contributed by atoms with Crippen molar-refractivity contribution in [2.75, 3.05) is 13.1 Å². The first-order valence-corrected chi connectivity index (χ1v) is 6.96. The fraction of sp³-hybridized carbons (Fsp3) is 0.250. The highest BCUT2D eigenvalue weighted by atomic mass is 19.3. The predicted molar refractivity (Wildman–Crippen MR) is 80.6 cm³/mol. The summed E-state index contributed by atoms with van der Waals surface area (Å²) in [5, 5.41) is 5.83. The number of carbonyl (C=O) groups is 1. The molecule has 0 bridgehead atoms. The summed E-state index contributed by atoms with van der Waals surface area (Å²) in [5.41, 5.74) is 0.690. The first-order valence-electron chi connectivity index (χ1n) is 6.96. The highest BCUT2D eigenvalue weighted by Crippen LogP contribution is 2.17. The number of H-pyrrole nitrogens is 1. The quantitative estimate of drug-likeness (QED) is 0.887. The Labute approximate surface area is 127 Å². The largest absolute Gasteiger partial charge is 0.334 e. The first-order chi connectivity index (χ1) is 10.6. The lowest BCUT2D eigenvalue weighted by Crippen LogP contribution is -2.31. The topological polar surface area (TPSA) is 49.0 Å². The van der Waals surface area contributed by atoms with Gasteiger partial charge in [0.25, 0.3) is 12.3 Å². The van der Waals surface area contributed by atoms with Gasteiger partial charge >= 0.3 is 0 Å². The number of rotatable bonds is 6. The third kappa shape index (κ3) is 4.00. The Kier molecular flexibility index (Phi) is 5.41. The van der Waals surface area contributed by atoms with E-state index < -0.39 is 6.43 Å². The number of halogens is 2. The number of alkyl halides is 2. The third-order valence-corrected chi connectivity index (χ3v) is 3.16. The van der Waals surface area contributed by atoms with E-state index in [1.165, 1.54) is 4.90 Å². The highest BCUT2D eigenvalue weighted by molar-refractivity contribution is 5.92. The van der Waals surface area contributed by atoms with E-state index in [0.29, 0.717) is 13.1 Å². The zero-order valence-corrected chi connectivity index (χ0v) is 12.2. The zero-order valence-electron chi connectivity index (χ0n) is 12.2. The Morgan fingerprint density at radius 1 is 1.36 bits per heavy atom. The summed E-state index contributed by atoms with van der Waals surface area (Å²) in [7, 11) is 0. The predicted octanol–water partition coefficient (Wildman–Crippen LogP) is 3.52. The average molecular weight is 305 g/mol. The Bertz CT molecular complexity index is 638. The number of hydrogen-bond donors (Lipinski definition) is 1. The van der Waals surface area contributed by atoms with E-state index in [1.54, 1.807) is 0 Å². The van der Waals surface area contributed by atoms with Gasteiger partial charge in [0, 0.05) is 13.1 Å². The molecule has 0 atom stereocenters. The molecule has 0 aliphatic rings. The molecule has 0 aliphatic heterocycles. The second-order valence-corrected chi connectivity index (χ2v) is 4.67. The molecule has 1 N–H and O–H groups in total. The Morgan fingerprint density at radius 3 is 2.68 bits per heavy atom. The molecule has 1 amide bonds. The molecule has 116 valence electrons. The van der Waals surface area contributed by atoms with Crippen LogP contribution in [0, 0.1) is 0 Å². The molecule has 0 radical (unpaired) electrons. The number of aromatic amines is 1. The molecule has 1 heterocycles. The van der Waals surface area contributed by atoms with Gasteiger partial charge in [0.15, 0.2) is 5.69 Å². The summed E-state index contributed by atoms with van der Waals surface area (Å²) in [6.07, 6.45) is 1.10. The summed E-state index contributed by atoms with van der Waals surface area (Å²) in [4.78, 5) is 13.8. The number of benzene rings is 1. The normalized spacial score (nSPS) is 11.3. The van der Waals surface area contributed by atoms with Crippen LogP contribution in [0.25, 0.3) is 6.08 Å². The van der Waals surface area contributed by atoms with Crippen molar-refractivity contribution >= 4 is 12.0 Å². The summed E-state index contributed by atoms with van der Waals surface area (Å²) in [5.74, 6) is -0.372. The molecule has 0 saturated heterocycles. The molecular weight excluding hydrogens is 288 g/mol. The molecule has 22 heavy (non-hydrogen) atoms. The SMILES string of the molecule is CCN(C/C=C/c1ccccc1)C(=O)c1cc(C(F)F)[nH]n1. The van der Waals surface area contributed by atoms with Gasteiger partial charge < -0.3 is 4.90 Å². The minimum Gasteiger partial charge on any atom is -0.334 e. The molecule has 1 aromatic heterocycles. The van der Waals surface area contributed by atoms with Gasteiger partial charge in [-0.2, -0.15) is 5.10 Å². The molecule has 4 nitrogen and oxygen atoms in total. The Morgan fingerprint density at radius 2 is 2.09 bits per heavy atom. The second-order valence-electron chi connectivity index (χ2n) is 4.67. The van der Waals surface area contributed by atoms with Crippen LogP contribution in [0.2, 0.25) is 0 Å². The number of nitrogens with one attached hydrogen (secondary N) is 1. The Balaban J connectivity index is 2.01. The van der Waals surface area contributed by atoms with E-state index in [-0.39, 0.29) is 17.3 Å². The maximum Gasteiger partial charge on any atom is 0.279 e. The molecule has 2 aromatic rings. The maximum atomic E-state index is 12.5. The van der Waals surface area contributed by atoms with Crippen LogP contribution in [-0.2, 0) is 0 Å². The first kappa shape index (κ1) is 15.9. The number of nitrogens with zero attached hydrogens (tertiary/aromatic N) is 2. The van der Waals surface area contributed by atoms with Gasteiger partial charge in [-0.1, -0.05) is 42.5 Å². The molecular formula is C16H17F2N3O. The van der Waals surface area contributed by atoms with E-state index in [2.05, 4.69) is 10.2 Å². The van der Waals surface area contributed by atoms with Crippen molar-refractivity contribution in [3.05, 3.63) is 59.4 Å². The van der Waals surface area contributed by atoms with E-state index in [4.69, 9.17) is 0 Å². The van der Waals surface area contributed by atoms with Crippen LogP contribution >= 0.6 is 0 Å². The van der Waals surface area contributed by atoms with Gasteiger partial charge in [-0.15, -0.1) is 0 Å². The smallest absolute Gasteiger partial charge is 0.279 e. The minimum absolute atomic E-state index is 0.00487. The van der Waals surface area contributed by atoms with Crippen LogP contribution < -0.4 is 0 Å².